The Kier molecular flexibility index (Phi) is 6.42. The molecule has 2 rings (SSSR count). The van der Waals surface area contributed by atoms with E-state index in [9.17, 15) is 23.7 Å². The number of ether oxygens (including phenoxy) is 1. The van der Waals surface area contributed by atoms with Crippen LogP contribution >= 0.6 is 0 Å². The van der Waals surface area contributed by atoms with E-state index in [1.807, 2.05) is 6.92 Å². The number of hydrogen-bond donors (Lipinski definition) is 2. The van der Waals surface area contributed by atoms with E-state index in [1.54, 1.807) is 18.2 Å². The smallest absolute Gasteiger partial charge is 0.387 e. The highest BCUT2D eigenvalue weighted by Gasteiger charge is 2.14. The number of nitrogens with zero attached hydrogens (tertiary/aromatic N) is 1. The van der Waals surface area contributed by atoms with Gasteiger partial charge in [-0.3, -0.25) is 14.9 Å². The van der Waals surface area contributed by atoms with Gasteiger partial charge in [-0.05, 0) is 24.6 Å². The molecule has 0 aliphatic carbocycles. The molecule has 2 N–H and O–H groups in total. The van der Waals surface area contributed by atoms with Crippen molar-refractivity contribution < 1.29 is 23.2 Å². The van der Waals surface area contributed by atoms with E-state index in [1.165, 1.54) is 24.3 Å². The van der Waals surface area contributed by atoms with Crippen LogP contribution in [0, 0.1) is 10.1 Å². The lowest BCUT2D eigenvalue weighted by Crippen LogP contribution is -2.22. The molecule has 7 nitrogen and oxygen atoms in total. The number of anilines is 2. The van der Waals surface area contributed by atoms with Crippen LogP contribution in [0.2, 0.25) is 0 Å². The minimum Gasteiger partial charge on any atom is -0.433 e. The maximum atomic E-state index is 12.4. The molecule has 0 saturated carbocycles. The van der Waals surface area contributed by atoms with Crippen molar-refractivity contribution in [3.05, 3.63) is 58.1 Å². The number of halogens is 2. The van der Waals surface area contributed by atoms with Gasteiger partial charge < -0.3 is 15.4 Å². The number of para-hydroxylation sites is 2. The molecule has 0 heterocycles. The normalized spacial score (nSPS) is 10.5. The standard InChI is InChI=1S/C17H17F2N3O4/c1-2-11-7-8-12(9-14(11)22(24)25)20-10-16(23)21-13-5-3-4-6-15(13)26-17(18)19/h3-9,17,20H,2,10H2,1H3,(H,21,23). The van der Waals surface area contributed by atoms with Gasteiger partial charge in [-0.2, -0.15) is 8.78 Å². The number of rotatable bonds is 8. The van der Waals surface area contributed by atoms with Crippen molar-refractivity contribution in [1.82, 2.24) is 0 Å². The first-order valence-electron chi connectivity index (χ1n) is 7.75. The fourth-order valence-electron chi connectivity index (χ4n) is 2.29. The zero-order valence-electron chi connectivity index (χ0n) is 13.9. The minimum atomic E-state index is -3.01. The van der Waals surface area contributed by atoms with Gasteiger partial charge in [0, 0.05) is 17.3 Å². The quantitative estimate of drug-likeness (QED) is 0.548. The fourth-order valence-corrected chi connectivity index (χ4v) is 2.29. The molecule has 0 fully saturated rings. The van der Waals surface area contributed by atoms with Gasteiger partial charge in [-0.15, -0.1) is 0 Å². The Bertz CT molecular complexity index is 799. The van der Waals surface area contributed by atoms with Crippen LogP contribution < -0.4 is 15.4 Å². The Labute approximate surface area is 148 Å². The highest BCUT2D eigenvalue weighted by Crippen LogP contribution is 2.26. The van der Waals surface area contributed by atoms with Crippen LogP contribution in [0.15, 0.2) is 42.5 Å². The largest absolute Gasteiger partial charge is 0.433 e. The predicted octanol–water partition coefficient (Wildman–Crippen LogP) is 3.81. The second-order valence-electron chi connectivity index (χ2n) is 5.23. The summed E-state index contributed by atoms with van der Waals surface area (Å²) in [6.07, 6.45) is 0.512. The van der Waals surface area contributed by atoms with E-state index >= 15 is 0 Å². The first-order chi connectivity index (χ1) is 12.4. The summed E-state index contributed by atoms with van der Waals surface area (Å²) in [5, 5.41) is 16.3. The lowest BCUT2D eigenvalue weighted by molar-refractivity contribution is -0.385. The molecule has 0 aliphatic rings. The predicted molar refractivity (Wildman–Crippen MR) is 92.7 cm³/mol. The van der Waals surface area contributed by atoms with Gasteiger partial charge in [0.15, 0.2) is 0 Å². The number of aryl methyl sites for hydroxylation is 1. The molecule has 26 heavy (non-hydrogen) atoms. The van der Waals surface area contributed by atoms with E-state index in [0.29, 0.717) is 17.7 Å². The Morgan fingerprint density at radius 1 is 1.27 bits per heavy atom. The summed E-state index contributed by atoms with van der Waals surface area (Å²) in [5.74, 6) is -0.670. The summed E-state index contributed by atoms with van der Waals surface area (Å²) in [7, 11) is 0. The first-order valence-corrected chi connectivity index (χ1v) is 7.75. The van der Waals surface area contributed by atoms with Gasteiger partial charge in [0.2, 0.25) is 5.91 Å². The number of hydrogen-bond acceptors (Lipinski definition) is 5. The lowest BCUT2D eigenvalue weighted by atomic mass is 10.1. The van der Waals surface area contributed by atoms with Crippen molar-refractivity contribution in [2.24, 2.45) is 0 Å². The Balaban J connectivity index is 2.02. The van der Waals surface area contributed by atoms with E-state index in [-0.39, 0.29) is 23.7 Å². The van der Waals surface area contributed by atoms with Crippen LogP contribution in [-0.4, -0.2) is 24.0 Å². The Hall–Kier alpha value is -3.23. The second-order valence-corrected chi connectivity index (χ2v) is 5.23. The third-order valence-corrected chi connectivity index (χ3v) is 3.49. The maximum Gasteiger partial charge on any atom is 0.387 e. The number of amides is 1. The highest BCUT2D eigenvalue weighted by molar-refractivity contribution is 5.95. The van der Waals surface area contributed by atoms with Gasteiger partial charge in [0.05, 0.1) is 17.2 Å². The molecule has 0 bridgehead atoms. The van der Waals surface area contributed by atoms with E-state index in [0.717, 1.165) is 0 Å². The van der Waals surface area contributed by atoms with Crippen molar-refractivity contribution in [3.8, 4) is 5.75 Å². The molecule has 0 spiro atoms. The highest BCUT2D eigenvalue weighted by atomic mass is 19.3. The molecular formula is C17H17F2N3O4. The molecule has 0 aliphatic heterocycles. The summed E-state index contributed by atoms with van der Waals surface area (Å²) in [4.78, 5) is 22.6. The monoisotopic (exact) mass is 365 g/mol. The Morgan fingerprint density at radius 3 is 2.65 bits per heavy atom. The van der Waals surface area contributed by atoms with Crippen molar-refractivity contribution in [3.63, 3.8) is 0 Å². The van der Waals surface area contributed by atoms with Crippen LogP contribution in [0.5, 0.6) is 5.75 Å². The third-order valence-electron chi connectivity index (χ3n) is 3.49. The summed E-state index contributed by atoms with van der Waals surface area (Å²) in [5.41, 5.74) is 1.06. The molecule has 0 atom stereocenters. The van der Waals surface area contributed by atoms with E-state index in [2.05, 4.69) is 15.4 Å². The van der Waals surface area contributed by atoms with Crippen LogP contribution in [0.25, 0.3) is 0 Å². The number of carbonyl (C=O) groups excluding carboxylic acids is 1. The van der Waals surface area contributed by atoms with Gasteiger partial charge in [0.1, 0.15) is 5.75 Å². The summed E-state index contributed by atoms with van der Waals surface area (Å²) < 4.78 is 29.1. The molecule has 138 valence electrons. The number of nitro groups is 1. The molecule has 0 radical (unpaired) electrons. The third kappa shape index (κ3) is 5.13. The average molecular weight is 365 g/mol. The number of carbonyl (C=O) groups is 1. The van der Waals surface area contributed by atoms with E-state index in [4.69, 9.17) is 0 Å². The van der Waals surface area contributed by atoms with Crippen LogP contribution in [-0.2, 0) is 11.2 Å². The molecule has 9 heteroatoms. The minimum absolute atomic E-state index is 0.0337. The topological polar surface area (TPSA) is 93.5 Å². The molecule has 1 amide bonds. The SMILES string of the molecule is CCc1ccc(NCC(=O)Nc2ccccc2OC(F)F)cc1[N+](=O)[O-]. The molecule has 2 aromatic rings. The van der Waals surface area contributed by atoms with Gasteiger partial charge in [-0.1, -0.05) is 25.1 Å². The molecule has 0 aromatic heterocycles. The van der Waals surface area contributed by atoms with E-state index < -0.39 is 17.4 Å². The zero-order valence-corrected chi connectivity index (χ0v) is 13.9. The summed E-state index contributed by atoms with van der Waals surface area (Å²) in [6, 6.07) is 10.4. The lowest BCUT2D eigenvalue weighted by Gasteiger charge is -2.12. The van der Waals surface area contributed by atoms with Crippen LogP contribution in [0.4, 0.5) is 25.8 Å². The second kappa shape index (κ2) is 8.75. The fraction of sp³-hybridized carbons (Fsp3) is 0.235. The number of alkyl halides is 2. The number of nitro benzene ring substituents is 1. The van der Waals surface area contributed by atoms with Crippen molar-refractivity contribution in [1.29, 1.82) is 0 Å². The summed E-state index contributed by atoms with van der Waals surface area (Å²) >= 11 is 0. The molecule has 0 saturated heterocycles. The van der Waals surface area contributed by atoms with Crippen LogP contribution in [0.3, 0.4) is 0 Å². The number of nitrogens with one attached hydrogen (secondary N) is 2. The van der Waals surface area contributed by atoms with Crippen molar-refractivity contribution in [2.45, 2.75) is 20.0 Å². The van der Waals surface area contributed by atoms with Gasteiger partial charge in [0.25, 0.3) is 5.69 Å². The zero-order chi connectivity index (χ0) is 19.1. The molecular weight excluding hydrogens is 348 g/mol. The first kappa shape index (κ1) is 19.1. The van der Waals surface area contributed by atoms with Crippen molar-refractivity contribution >= 4 is 23.0 Å². The van der Waals surface area contributed by atoms with Gasteiger partial charge in [-0.25, -0.2) is 0 Å². The maximum absolute atomic E-state index is 12.4. The average Bonchev–Trinajstić information content (AvgIpc) is 2.61. The van der Waals surface area contributed by atoms with Crippen molar-refractivity contribution in [2.75, 3.05) is 17.2 Å². The Morgan fingerprint density at radius 2 is 2.00 bits per heavy atom. The van der Waals surface area contributed by atoms with Gasteiger partial charge >= 0.3 is 6.61 Å². The molecule has 2 aromatic carbocycles. The van der Waals surface area contributed by atoms with Crippen LogP contribution in [0.1, 0.15) is 12.5 Å². The number of benzene rings is 2. The summed E-state index contributed by atoms with van der Waals surface area (Å²) in [6.45, 7) is -1.41. The molecule has 0 unspecified atom stereocenters.